The number of nitrogens with zero attached hydrogens (tertiary/aromatic N) is 1. The molecule has 0 aromatic heterocycles. The molecular formula is C15H21ClN2O2S. The van der Waals surface area contributed by atoms with Gasteiger partial charge in [-0.3, -0.25) is 0 Å². The average molecular weight is 329 g/mol. The van der Waals surface area contributed by atoms with E-state index in [1.807, 2.05) is 6.07 Å². The van der Waals surface area contributed by atoms with E-state index < -0.39 is 10.0 Å². The number of rotatable bonds is 5. The van der Waals surface area contributed by atoms with E-state index in [4.69, 9.17) is 11.6 Å². The van der Waals surface area contributed by atoms with Gasteiger partial charge in [0.2, 0.25) is 10.0 Å². The predicted octanol–water partition coefficient (Wildman–Crippen LogP) is 2.39. The molecule has 4 nitrogen and oxygen atoms in total. The Morgan fingerprint density at radius 3 is 2.43 bits per heavy atom. The summed E-state index contributed by atoms with van der Waals surface area (Å²) in [7, 11) is -3.33. The Balaban J connectivity index is 1.55. The normalized spacial score (nSPS) is 21.6. The predicted molar refractivity (Wildman–Crippen MR) is 84.8 cm³/mol. The fraction of sp³-hybridized carbons (Fsp3) is 0.600. The summed E-state index contributed by atoms with van der Waals surface area (Å²) in [5.74, 6) is -0.0461. The van der Waals surface area contributed by atoms with Crippen molar-refractivity contribution in [2.24, 2.45) is 0 Å². The van der Waals surface area contributed by atoms with E-state index in [9.17, 15) is 8.42 Å². The first-order valence-corrected chi connectivity index (χ1v) is 9.54. The Labute approximate surface area is 131 Å². The highest BCUT2D eigenvalue weighted by Gasteiger charge is 2.32. The second-order valence-corrected chi connectivity index (χ2v) is 8.17. The van der Waals surface area contributed by atoms with Crippen molar-refractivity contribution in [2.75, 3.05) is 13.1 Å². The molecule has 0 amide bonds. The van der Waals surface area contributed by atoms with Gasteiger partial charge in [0.1, 0.15) is 0 Å². The Morgan fingerprint density at radius 2 is 1.81 bits per heavy atom. The minimum Gasteiger partial charge on any atom is -0.300 e. The molecule has 1 N–H and O–H groups in total. The van der Waals surface area contributed by atoms with Crippen LogP contribution in [-0.2, 0) is 15.8 Å². The molecule has 2 aliphatic rings. The lowest BCUT2D eigenvalue weighted by atomic mass is 10.1. The van der Waals surface area contributed by atoms with Crippen molar-refractivity contribution in [3.8, 4) is 0 Å². The Kier molecular flexibility index (Phi) is 4.54. The maximum atomic E-state index is 12.3. The number of hydrogen-bond acceptors (Lipinski definition) is 3. The van der Waals surface area contributed by atoms with E-state index in [2.05, 4.69) is 9.62 Å². The highest BCUT2D eigenvalue weighted by molar-refractivity contribution is 7.88. The first-order chi connectivity index (χ1) is 10.0. The third kappa shape index (κ3) is 4.19. The zero-order chi connectivity index (χ0) is 14.9. The van der Waals surface area contributed by atoms with Crippen molar-refractivity contribution in [2.45, 2.75) is 43.5 Å². The summed E-state index contributed by atoms with van der Waals surface area (Å²) in [5.41, 5.74) is 0.655. The number of likely N-dealkylation sites (tertiary alicyclic amines) is 1. The number of piperidine rings is 1. The Hall–Kier alpha value is -0.620. The number of nitrogens with one attached hydrogen (secondary N) is 1. The summed E-state index contributed by atoms with van der Waals surface area (Å²) in [5, 5.41) is 0.506. The van der Waals surface area contributed by atoms with Gasteiger partial charge in [-0.05, 0) is 50.4 Å². The fourth-order valence-corrected chi connectivity index (χ4v) is 4.71. The van der Waals surface area contributed by atoms with Crippen molar-refractivity contribution in [1.82, 2.24) is 9.62 Å². The Bertz CT molecular complexity index is 593. The minimum atomic E-state index is -3.33. The van der Waals surface area contributed by atoms with Crippen LogP contribution in [-0.4, -0.2) is 38.5 Å². The summed E-state index contributed by atoms with van der Waals surface area (Å²) < 4.78 is 27.4. The first-order valence-electron chi connectivity index (χ1n) is 7.51. The van der Waals surface area contributed by atoms with E-state index in [-0.39, 0.29) is 11.8 Å². The molecule has 0 spiro atoms. The number of benzene rings is 1. The van der Waals surface area contributed by atoms with E-state index in [0.717, 1.165) is 32.0 Å². The van der Waals surface area contributed by atoms with Crippen molar-refractivity contribution < 1.29 is 8.42 Å². The zero-order valence-electron chi connectivity index (χ0n) is 12.0. The van der Waals surface area contributed by atoms with Crippen LogP contribution in [0.4, 0.5) is 0 Å². The average Bonchev–Trinajstić information content (AvgIpc) is 3.26. The molecule has 2 fully saturated rings. The lowest BCUT2D eigenvalue weighted by molar-refractivity contribution is 0.199. The topological polar surface area (TPSA) is 49.4 Å². The molecule has 0 atom stereocenters. The van der Waals surface area contributed by atoms with Crippen LogP contribution in [0.5, 0.6) is 0 Å². The monoisotopic (exact) mass is 328 g/mol. The van der Waals surface area contributed by atoms with Gasteiger partial charge in [0.05, 0.1) is 5.75 Å². The van der Waals surface area contributed by atoms with Gasteiger partial charge in [0.15, 0.2) is 0 Å². The van der Waals surface area contributed by atoms with Crippen LogP contribution in [0.25, 0.3) is 0 Å². The molecule has 3 rings (SSSR count). The highest BCUT2D eigenvalue weighted by atomic mass is 35.5. The van der Waals surface area contributed by atoms with Crippen LogP contribution in [0, 0.1) is 0 Å². The SMILES string of the molecule is O=S(=O)(Cc1ccccc1Cl)NC1CCN(C2CC2)CC1. The minimum absolute atomic E-state index is 0.0461. The van der Waals surface area contributed by atoms with Gasteiger partial charge in [-0.1, -0.05) is 29.8 Å². The standard InChI is InChI=1S/C15H21ClN2O2S/c16-15-4-2-1-3-12(15)11-21(19,20)17-13-7-9-18(10-8-13)14-5-6-14/h1-4,13-14,17H,5-11H2. The summed E-state index contributed by atoms with van der Waals surface area (Å²) in [4.78, 5) is 2.48. The maximum absolute atomic E-state index is 12.3. The smallest absolute Gasteiger partial charge is 0.216 e. The van der Waals surface area contributed by atoms with Crippen molar-refractivity contribution in [3.63, 3.8) is 0 Å². The van der Waals surface area contributed by atoms with E-state index in [1.165, 1.54) is 12.8 Å². The van der Waals surface area contributed by atoms with Crippen LogP contribution in [0.15, 0.2) is 24.3 Å². The summed E-state index contributed by atoms with van der Waals surface area (Å²) in [6.07, 6.45) is 4.42. The second-order valence-electron chi connectivity index (χ2n) is 6.01. The third-order valence-electron chi connectivity index (χ3n) is 4.24. The van der Waals surface area contributed by atoms with Crippen molar-refractivity contribution >= 4 is 21.6 Å². The molecular weight excluding hydrogens is 308 g/mol. The quantitative estimate of drug-likeness (QED) is 0.903. The summed E-state index contributed by atoms with van der Waals surface area (Å²) >= 11 is 6.04. The zero-order valence-corrected chi connectivity index (χ0v) is 13.5. The van der Waals surface area contributed by atoms with Crippen LogP contribution in [0.3, 0.4) is 0 Å². The van der Waals surface area contributed by atoms with E-state index >= 15 is 0 Å². The first kappa shape index (κ1) is 15.3. The van der Waals surface area contributed by atoms with Gasteiger partial charge >= 0.3 is 0 Å². The number of halogens is 1. The fourth-order valence-electron chi connectivity index (χ4n) is 2.94. The van der Waals surface area contributed by atoms with Crippen LogP contribution < -0.4 is 4.72 Å². The van der Waals surface area contributed by atoms with Gasteiger partial charge in [-0.25, -0.2) is 13.1 Å². The molecule has 1 aromatic carbocycles. The molecule has 0 radical (unpaired) electrons. The summed E-state index contributed by atoms with van der Waals surface area (Å²) in [6.45, 7) is 2.01. The van der Waals surface area contributed by atoms with Gasteiger partial charge < -0.3 is 4.90 Å². The molecule has 21 heavy (non-hydrogen) atoms. The molecule has 116 valence electrons. The third-order valence-corrected chi connectivity index (χ3v) is 5.99. The maximum Gasteiger partial charge on any atom is 0.216 e. The molecule has 1 aliphatic heterocycles. The van der Waals surface area contributed by atoms with Gasteiger partial charge in [0.25, 0.3) is 0 Å². The second kappa shape index (κ2) is 6.24. The lowest BCUT2D eigenvalue weighted by Gasteiger charge is -2.32. The molecule has 0 bridgehead atoms. The molecule has 1 aliphatic carbocycles. The largest absolute Gasteiger partial charge is 0.300 e. The molecule has 1 heterocycles. The molecule has 1 saturated carbocycles. The number of sulfonamides is 1. The molecule has 0 unspecified atom stereocenters. The molecule has 1 saturated heterocycles. The van der Waals surface area contributed by atoms with Crippen LogP contribution in [0.2, 0.25) is 5.02 Å². The molecule has 6 heteroatoms. The van der Waals surface area contributed by atoms with Gasteiger partial charge in [-0.2, -0.15) is 0 Å². The summed E-state index contributed by atoms with van der Waals surface area (Å²) in [6, 6.07) is 7.93. The lowest BCUT2D eigenvalue weighted by Crippen LogP contribution is -2.45. The van der Waals surface area contributed by atoms with Crippen LogP contribution in [0.1, 0.15) is 31.2 Å². The highest BCUT2D eigenvalue weighted by Crippen LogP contribution is 2.29. The number of hydrogen-bond donors (Lipinski definition) is 1. The van der Waals surface area contributed by atoms with E-state index in [1.54, 1.807) is 18.2 Å². The van der Waals surface area contributed by atoms with Crippen molar-refractivity contribution in [3.05, 3.63) is 34.9 Å². The van der Waals surface area contributed by atoms with Gasteiger partial charge in [-0.15, -0.1) is 0 Å². The Morgan fingerprint density at radius 1 is 1.14 bits per heavy atom. The molecule has 1 aromatic rings. The van der Waals surface area contributed by atoms with E-state index in [0.29, 0.717) is 10.6 Å². The van der Waals surface area contributed by atoms with Gasteiger partial charge in [0, 0.05) is 17.1 Å². The van der Waals surface area contributed by atoms with Crippen molar-refractivity contribution in [1.29, 1.82) is 0 Å². The van der Waals surface area contributed by atoms with Crippen LogP contribution >= 0.6 is 11.6 Å².